The standard InChI is InChI=1S/C7H13F3N2.C2H6/c1-12-3-2-6(4-12)11-5-7(8,9)10;1-2/h6,11H,2-5H2,1H3;1-2H3. The predicted molar refractivity (Wildman–Crippen MR) is 51.3 cm³/mol. The molecule has 14 heavy (non-hydrogen) atoms. The van der Waals surface area contributed by atoms with Crippen molar-refractivity contribution in [1.82, 2.24) is 10.2 Å². The summed E-state index contributed by atoms with van der Waals surface area (Å²) < 4.78 is 35.2. The van der Waals surface area contributed by atoms with Gasteiger partial charge in [-0.2, -0.15) is 13.2 Å². The maximum atomic E-state index is 11.7. The highest BCUT2D eigenvalue weighted by Crippen LogP contribution is 2.14. The lowest BCUT2D eigenvalue weighted by Crippen LogP contribution is -2.38. The zero-order valence-electron chi connectivity index (χ0n) is 8.99. The summed E-state index contributed by atoms with van der Waals surface area (Å²) in [4.78, 5) is 2.02. The molecule has 0 spiro atoms. The van der Waals surface area contributed by atoms with Crippen molar-refractivity contribution >= 4 is 0 Å². The van der Waals surface area contributed by atoms with Crippen LogP contribution in [0.4, 0.5) is 13.2 Å². The lowest BCUT2D eigenvalue weighted by molar-refractivity contribution is -0.126. The number of likely N-dealkylation sites (N-methyl/N-ethyl adjacent to an activating group) is 1. The van der Waals surface area contributed by atoms with Gasteiger partial charge in [0.25, 0.3) is 0 Å². The summed E-state index contributed by atoms with van der Waals surface area (Å²) >= 11 is 0. The Bertz CT molecular complexity index is 147. The highest BCUT2D eigenvalue weighted by molar-refractivity contribution is 4.79. The Balaban J connectivity index is 0.000000791. The molecule has 1 aliphatic heterocycles. The van der Waals surface area contributed by atoms with Gasteiger partial charge in [0.15, 0.2) is 0 Å². The summed E-state index contributed by atoms with van der Waals surface area (Å²) in [6.45, 7) is 4.73. The van der Waals surface area contributed by atoms with E-state index in [1.165, 1.54) is 0 Å². The van der Waals surface area contributed by atoms with Gasteiger partial charge in [-0.15, -0.1) is 0 Å². The third-order valence-electron chi connectivity index (χ3n) is 1.98. The van der Waals surface area contributed by atoms with E-state index in [4.69, 9.17) is 0 Å². The first-order valence-electron chi connectivity index (χ1n) is 4.96. The Labute approximate surface area is 83.5 Å². The second-order valence-corrected chi connectivity index (χ2v) is 3.24. The first-order chi connectivity index (χ1) is 6.47. The molecule has 1 rings (SSSR count). The van der Waals surface area contributed by atoms with Crippen LogP contribution in [0.25, 0.3) is 0 Å². The number of rotatable bonds is 2. The lowest BCUT2D eigenvalue weighted by Gasteiger charge is -2.14. The van der Waals surface area contributed by atoms with Crippen molar-refractivity contribution in [3.8, 4) is 0 Å². The fourth-order valence-corrected chi connectivity index (χ4v) is 1.36. The summed E-state index contributed by atoms with van der Waals surface area (Å²) in [5, 5.41) is 2.49. The van der Waals surface area contributed by atoms with Gasteiger partial charge in [0.1, 0.15) is 0 Å². The van der Waals surface area contributed by atoms with E-state index in [0.29, 0.717) is 0 Å². The molecule has 1 saturated heterocycles. The van der Waals surface area contributed by atoms with Crippen LogP contribution < -0.4 is 5.32 Å². The van der Waals surface area contributed by atoms with Crippen molar-refractivity contribution in [2.75, 3.05) is 26.7 Å². The molecule has 0 saturated carbocycles. The summed E-state index contributed by atoms with van der Waals surface area (Å²) in [6, 6.07) is 0.0108. The van der Waals surface area contributed by atoms with Crippen LogP contribution in [0.2, 0.25) is 0 Å². The first-order valence-corrected chi connectivity index (χ1v) is 4.96. The van der Waals surface area contributed by atoms with Crippen molar-refractivity contribution in [3.05, 3.63) is 0 Å². The predicted octanol–water partition coefficient (Wildman–Crippen LogP) is 1.87. The molecule has 86 valence electrons. The Morgan fingerprint density at radius 1 is 1.36 bits per heavy atom. The number of hydrogen-bond donors (Lipinski definition) is 1. The highest BCUT2D eigenvalue weighted by Gasteiger charge is 2.29. The van der Waals surface area contributed by atoms with Crippen LogP contribution in [0.3, 0.4) is 0 Å². The van der Waals surface area contributed by atoms with E-state index >= 15 is 0 Å². The monoisotopic (exact) mass is 212 g/mol. The van der Waals surface area contributed by atoms with Crippen molar-refractivity contribution in [3.63, 3.8) is 0 Å². The topological polar surface area (TPSA) is 15.3 Å². The minimum atomic E-state index is -4.08. The molecule has 0 aromatic carbocycles. The quantitative estimate of drug-likeness (QED) is 0.751. The van der Waals surface area contributed by atoms with Gasteiger partial charge in [0.2, 0.25) is 0 Å². The highest BCUT2D eigenvalue weighted by atomic mass is 19.4. The second-order valence-electron chi connectivity index (χ2n) is 3.24. The number of hydrogen-bond acceptors (Lipinski definition) is 2. The molecule has 1 unspecified atom stereocenters. The Morgan fingerprint density at radius 2 is 1.93 bits per heavy atom. The van der Waals surface area contributed by atoms with Crippen molar-refractivity contribution < 1.29 is 13.2 Å². The molecular formula is C9H19F3N2. The molecule has 1 atom stereocenters. The maximum absolute atomic E-state index is 11.7. The zero-order chi connectivity index (χ0) is 11.2. The van der Waals surface area contributed by atoms with Crippen molar-refractivity contribution in [2.45, 2.75) is 32.5 Å². The van der Waals surface area contributed by atoms with Gasteiger partial charge in [-0.05, 0) is 20.0 Å². The summed E-state index contributed by atoms with van der Waals surface area (Å²) in [5.41, 5.74) is 0. The third kappa shape index (κ3) is 6.21. The van der Waals surface area contributed by atoms with Gasteiger partial charge in [-0.3, -0.25) is 0 Å². The SMILES string of the molecule is CC.CN1CCC(NCC(F)(F)F)C1. The van der Waals surface area contributed by atoms with Gasteiger partial charge < -0.3 is 10.2 Å². The van der Waals surface area contributed by atoms with E-state index in [0.717, 1.165) is 19.5 Å². The molecule has 0 aromatic heterocycles. The Hall–Kier alpha value is -0.290. The molecular weight excluding hydrogens is 193 g/mol. The number of nitrogens with one attached hydrogen (secondary N) is 1. The molecule has 0 amide bonds. The molecule has 1 aliphatic rings. The van der Waals surface area contributed by atoms with Crippen LogP contribution in [-0.2, 0) is 0 Å². The minimum Gasteiger partial charge on any atom is -0.305 e. The van der Waals surface area contributed by atoms with Crippen molar-refractivity contribution in [2.24, 2.45) is 0 Å². The van der Waals surface area contributed by atoms with Crippen LogP contribution in [0.1, 0.15) is 20.3 Å². The molecule has 1 N–H and O–H groups in total. The van der Waals surface area contributed by atoms with Gasteiger partial charge in [-0.25, -0.2) is 0 Å². The Kier molecular flexibility index (Phi) is 6.11. The maximum Gasteiger partial charge on any atom is 0.401 e. The molecule has 0 aliphatic carbocycles. The van der Waals surface area contributed by atoms with Gasteiger partial charge in [0, 0.05) is 12.6 Å². The summed E-state index contributed by atoms with van der Waals surface area (Å²) in [6.07, 6.45) is -3.27. The van der Waals surface area contributed by atoms with Crippen molar-refractivity contribution in [1.29, 1.82) is 0 Å². The number of likely N-dealkylation sites (tertiary alicyclic amines) is 1. The minimum absolute atomic E-state index is 0.0108. The smallest absolute Gasteiger partial charge is 0.305 e. The molecule has 0 radical (unpaired) electrons. The number of nitrogens with zero attached hydrogens (tertiary/aromatic N) is 1. The van der Waals surface area contributed by atoms with Crippen LogP contribution in [0.5, 0.6) is 0 Å². The van der Waals surface area contributed by atoms with E-state index in [-0.39, 0.29) is 6.04 Å². The average Bonchev–Trinajstić information content (AvgIpc) is 2.50. The lowest BCUT2D eigenvalue weighted by atomic mass is 10.2. The third-order valence-corrected chi connectivity index (χ3v) is 1.98. The molecule has 0 aromatic rings. The number of halogens is 3. The Morgan fingerprint density at radius 3 is 2.29 bits per heavy atom. The molecule has 5 heteroatoms. The normalized spacial score (nSPS) is 23.1. The van der Waals surface area contributed by atoms with Crippen LogP contribution in [0, 0.1) is 0 Å². The van der Waals surface area contributed by atoms with Gasteiger partial charge >= 0.3 is 6.18 Å². The van der Waals surface area contributed by atoms with Gasteiger partial charge in [-0.1, -0.05) is 13.8 Å². The second kappa shape index (κ2) is 6.24. The number of alkyl halides is 3. The van der Waals surface area contributed by atoms with Gasteiger partial charge in [0.05, 0.1) is 6.54 Å². The van der Waals surface area contributed by atoms with Crippen LogP contribution >= 0.6 is 0 Å². The fraction of sp³-hybridized carbons (Fsp3) is 1.00. The molecule has 1 fully saturated rings. The van der Waals surface area contributed by atoms with E-state index in [2.05, 4.69) is 5.32 Å². The van der Waals surface area contributed by atoms with E-state index in [1.54, 1.807) is 0 Å². The molecule has 0 bridgehead atoms. The van der Waals surface area contributed by atoms with E-state index in [9.17, 15) is 13.2 Å². The van der Waals surface area contributed by atoms with Crippen LogP contribution in [0.15, 0.2) is 0 Å². The average molecular weight is 212 g/mol. The van der Waals surface area contributed by atoms with E-state index in [1.807, 2.05) is 25.8 Å². The summed E-state index contributed by atoms with van der Waals surface area (Å²) in [5.74, 6) is 0. The molecule has 1 heterocycles. The fourth-order valence-electron chi connectivity index (χ4n) is 1.36. The largest absolute Gasteiger partial charge is 0.401 e. The molecule has 2 nitrogen and oxygen atoms in total. The summed E-state index contributed by atoms with van der Waals surface area (Å²) in [7, 11) is 1.91. The van der Waals surface area contributed by atoms with E-state index < -0.39 is 12.7 Å². The van der Waals surface area contributed by atoms with Crippen LogP contribution in [-0.4, -0.2) is 43.8 Å². The first kappa shape index (κ1) is 13.7. The zero-order valence-corrected chi connectivity index (χ0v) is 8.99.